The molecule has 4 heterocycles. The lowest BCUT2D eigenvalue weighted by Crippen LogP contribution is -2.49. The predicted molar refractivity (Wildman–Crippen MR) is 120 cm³/mol. The van der Waals surface area contributed by atoms with Crippen molar-refractivity contribution in [3.8, 4) is 5.69 Å². The second-order valence-electron chi connectivity index (χ2n) is 8.37. The summed E-state index contributed by atoms with van der Waals surface area (Å²) in [5.41, 5.74) is 1.39. The van der Waals surface area contributed by atoms with Crippen LogP contribution in [0.4, 0.5) is 11.6 Å². The molecule has 1 unspecified atom stereocenters. The molecule has 10 heteroatoms. The summed E-state index contributed by atoms with van der Waals surface area (Å²) in [6.45, 7) is 6.04. The van der Waals surface area contributed by atoms with Gasteiger partial charge in [-0.05, 0) is 66.9 Å². The number of carbonyl (C=O) groups excluding carboxylic acids is 1. The van der Waals surface area contributed by atoms with E-state index in [0.717, 1.165) is 37.0 Å². The van der Waals surface area contributed by atoms with E-state index < -0.39 is 0 Å². The zero-order valence-electron chi connectivity index (χ0n) is 18.2. The Kier molecular flexibility index (Phi) is 5.66. The Balaban J connectivity index is 1.21. The van der Waals surface area contributed by atoms with E-state index in [1.165, 1.54) is 25.6 Å². The molecular formula is C22H27N9O. The second-order valence-corrected chi connectivity index (χ2v) is 8.37. The Morgan fingerprint density at radius 3 is 2.50 bits per heavy atom. The van der Waals surface area contributed by atoms with Gasteiger partial charge in [0.25, 0.3) is 5.91 Å². The molecule has 1 atom stereocenters. The minimum Gasteiger partial charge on any atom is -0.352 e. The van der Waals surface area contributed by atoms with Gasteiger partial charge in [-0.25, -0.2) is 4.68 Å². The van der Waals surface area contributed by atoms with Crippen LogP contribution in [0.15, 0.2) is 42.7 Å². The molecule has 0 radical (unpaired) electrons. The van der Waals surface area contributed by atoms with E-state index in [0.29, 0.717) is 24.7 Å². The van der Waals surface area contributed by atoms with E-state index in [1.807, 2.05) is 29.2 Å². The van der Waals surface area contributed by atoms with E-state index in [2.05, 4.69) is 54.6 Å². The van der Waals surface area contributed by atoms with Crippen LogP contribution in [-0.2, 0) is 0 Å². The quantitative estimate of drug-likeness (QED) is 0.615. The van der Waals surface area contributed by atoms with Crippen molar-refractivity contribution in [3.63, 3.8) is 0 Å². The van der Waals surface area contributed by atoms with Gasteiger partial charge in [0.2, 0.25) is 0 Å². The lowest BCUT2D eigenvalue weighted by molar-refractivity contribution is 0.0746. The van der Waals surface area contributed by atoms with Crippen LogP contribution in [-0.4, -0.2) is 80.0 Å². The first kappa shape index (κ1) is 20.3. The first-order chi connectivity index (χ1) is 15.7. The highest BCUT2D eigenvalue weighted by atomic mass is 16.2. The van der Waals surface area contributed by atoms with E-state index >= 15 is 0 Å². The third kappa shape index (κ3) is 4.12. The van der Waals surface area contributed by atoms with Crippen LogP contribution < -0.4 is 9.80 Å². The summed E-state index contributed by atoms with van der Waals surface area (Å²) in [5, 5.41) is 20.2. The van der Waals surface area contributed by atoms with Crippen LogP contribution in [0, 0.1) is 0 Å². The molecular weight excluding hydrogens is 406 g/mol. The summed E-state index contributed by atoms with van der Waals surface area (Å²) in [4.78, 5) is 19.4. The zero-order chi connectivity index (χ0) is 21.9. The SMILES string of the molecule is CC1CCCCN1c1ccc(N2CCN(C(=O)c3cccc(-n4cnnn4)c3)CC2)nn1. The highest BCUT2D eigenvalue weighted by Crippen LogP contribution is 2.24. The van der Waals surface area contributed by atoms with Gasteiger partial charge in [-0.3, -0.25) is 4.79 Å². The van der Waals surface area contributed by atoms with Crippen molar-refractivity contribution < 1.29 is 4.79 Å². The van der Waals surface area contributed by atoms with Crippen LogP contribution >= 0.6 is 0 Å². The molecule has 2 fully saturated rings. The number of amides is 1. The van der Waals surface area contributed by atoms with Gasteiger partial charge in [0, 0.05) is 44.3 Å². The smallest absolute Gasteiger partial charge is 0.254 e. The first-order valence-electron chi connectivity index (χ1n) is 11.2. The lowest BCUT2D eigenvalue weighted by Gasteiger charge is -2.36. The molecule has 0 bridgehead atoms. The maximum atomic E-state index is 13.0. The fraction of sp³-hybridized carbons (Fsp3) is 0.455. The summed E-state index contributed by atoms with van der Waals surface area (Å²) in [6.07, 6.45) is 5.22. The number of benzene rings is 1. The molecule has 2 aliphatic heterocycles. The Hall–Kier alpha value is -3.56. The second kappa shape index (κ2) is 8.89. The molecule has 2 saturated heterocycles. The number of anilines is 2. The summed E-state index contributed by atoms with van der Waals surface area (Å²) in [6, 6.07) is 12.0. The number of nitrogens with zero attached hydrogens (tertiary/aromatic N) is 9. The minimum atomic E-state index is 0.0140. The van der Waals surface area contributed by atoms with Crippen LogP contribution in [0.25, 0.3) is 5.69 Å². The van der Waals surface area contributed by atoms with Crippen LogP contribution in [0.1, 0.15) is 36.5 Å². The maximum Gasteiger partial charge on any atom is 0.254 e. The number of carbonyl (C=O) groups is 1. The van der Waals surface area contributed by atoms with Crippen molar-refractivity contribution in [2.75, 3.05) is 42.5 Å². The van der Waals surface area contributed by atoms with E-state index in [-0.39, 0.29) is 5.91 Å². The average Bonchev–Trinajstić information content (AvgIpc) is 3.40. The molecule has 3 aromatic rings. The maximum absolute atomic E-state index is 13.0. The molecule has 5 rings (SSSR count). The summed E-state index contributed by atoms with van der Waals surface area (Å²) < 4.78 is 1.54. The fourth-order valence-corrected chi connectivity index (χ4v) is 4.46. The number of piperidine rings is 1. The average molecular weight is 434 g/mol. The molecule has 166 valence electrons. The number of hydrogen-bond donors (Lipinski definition) is 0. The van der Waals surface area contributed by atoms with Gasteiger partial charge in [-0.2, -0.15) is 0 Å². The normalized spacial score (nSPS) is 19.3. The molecule has 10 nitrogen and oxygen atoms in total. The number of rotatable bonds is 4. The van der Waals surface area contributed by atoms with Crippen molar-refractivity contribution in [2.45, 2.75) is 32.2 Å². The number of piperazine rings is 1. The Morgan fingerprint density at radius 2 is 1.78 bits per heavy atom. The Morgan fingerprint density at radius 1 is 0.969 bits per heavy atom. The van der Waals surface area contributed by atoms with Crippen molar-refractivity contribution in [1.29, 1.82) is 0 Å². The molecule has 1 amide bonds. The third-order valence-electron chi connectivity index (χ3n) is 6.33. The molecule has 0 spiro atoms. The van der Waals surface area contributed by atoms with Crippen LogP contribution in [0.5, 0.6) is 0 Å². The molecule has 1 aromatic carbocycles. The van der Waals surface area contributed by atoms with E-state index in [9.17, 15) is 4.79 Å². The highest BCUT2D eigenvalue weighted by molar-refractivity contribution is 5.95. The van der Waals surface area contributed by atoms with Crippen molar-refractivity contribution in [3.05, 3.63) is 48.3 Å². The van der Waals surface area contributed by atoms with Gasteiger partial charge >= 0.3 is 0 Å². The molecule has 0 aliphatic carbocycles. The van der Waals surface area contributed by atoms with E-state index in [4.69, 9.17) is 0 Å². The van der Waals surface area contributed by atoms with Gasteiger partial charge in [0.1, 0.15) is 6.33 Å². The van der Waals surface area contributed by atoms with Crippen molar-refractivity contribution in [1.82, 2.24) is 35.3 Å². The Bertz CT molecular complexity index is 1050. The molecule has 0 N–H and O–H groups in total. The van der Waals surface area contributed by atoms with Crippen LogP contribution in [0.2, 0.25) is 0 Å². The van der Waals surface area contributed by atoms with Gasteiger partial charge in [0.15, 0.2) is 11.6 Å². The van der Waals surface area contributed by atoms with Gasteiger partial charge in [0.05, 0.1) is 5.69 Å². The number of hydrogen-bond acceptors (Lipinski definition) is 8. The largest absolute Gasteiger partial charge is 0.352 e. The highest BCUT2D eigenvalue weighted by Gasteiger charge is 2.24. The minimum absolute atomic E-state index is 0.0140. The molecule has 2 aromatic heterocycles. The molecule has 2 aliphatic rings. The molecule has 32 heavy (non-hydrogen) atoms. The fourth-order valence-electron chi connectivity index (χ4n) is 4.46. The topological polar surface area (TPSA) is 96.2 Å². The number of tetrazole rings is 1. The zero-order valence-corrected chi connectivity index (χ0v) is 18.2. The lowest BCUT2D eigenvalue weighted by atomic mass is 10.0. The van der Waals surface area contributed by atoms with Gasteiger partial charge in [-0.15, -0.1) is 15.3 Å². The summed E-state index contributed by atoms with van der Waals surface area (Å²) in [7, 11) is 0. The Labute approximate surface area is 186 Å². The predicted octanol–water partition coefficient (Wildman–Crippen LogP) is 1.79. The molecule has 0 saturated carbocycles. The van der Waals surface area contributed by atoms with Crippen LogP contribution in [0.3, 0.4) is 0 Å². The number of aromatic nitrogens is 6. The first-order valence-corrected chi connectivity index (χ1v) is 11.2. The summed E-state index contributed by atoms with van der Waals surface area (Å²) in [5.74, 6) is 1.84. The van der Waals surface area contributed by atoms with Crippen molar-refractivity contribution >= 4 is 17.5 Å². The standard InChI is InChI=1S/C22H27N9O/c1-17-5-2-3-10-30(17)21-9-8-20(24-25-21)28-11-13-29(14-12-28)22(32)18-6-4-7-19(15-18)31-16-23-26-27-31/h4,6-9,15-17H,2-3,5,10-14H2,1H3. The van der Waals surface area contributed by atoms with E-state index in [1.54, 1.807) is 4.68 Å². The van der Waals surface area contributed by atoms with Gasteiger partial charge < -0.3 is 14.7 Å². The van der Waals surface area contributed by atoms with Gasteiger partial charge in [-0.1, -0.05) is 6.07 Å². The monoisotopic (exact) mass is 433 g/mol. The van der Waals surface area contributed by atoms with Crippen molar-refractivity contribution in [2.24, 2.45) is 0 Å². The summed E-state index contributed by atoms with van der Waals surface area (Å²) >= 11 is 0. The third-order valence-corrected chi connectivity index (χ3v) is 6.33.